The Morgan fingerprint density at radius 1 is 1.35 bits per heavy atom. The third-order valence-corrected chi connectivity index (χ3v) is 3.95. The number of anilines is 1. The van der Waals surface area contributed by atoms with Gasteiger partial charge in [0.2, 0.25) is 5.28 Å². The normalized spacial score (nSPS) is 15.9. The molecule has 5 heteroatoms. The SMILES string of the molecule is Cc1cc2c(NC3CC=CC3)nc(Cl)nc2s1. The van der Waals surface area contributed by atoms with Gasteiger partial charge in [0.15, 0.2) is 0 Å². The average molecular weight is 266 g/mol. The molecular formula is C12H12ClN3S. The Morgan fingerprint density at radius 3 is 2.88 bits per heavy atom. The molecule has 0 fully saturated rings. The summed E-state index contributed by atoms with van der Waals surface area (Å²) in [7, 11) is 0. The second-order valence-electron chi connectivity index (χ2n) is 4.20. The van der Waals surface area contributed by atoms with Crippen LogP contribution >= 0.6 is 22.9 Å². The summed E-state index contributed by atoms with van der Waals surface area (Å²) in [5, 5.41) is 4.83. The van der Waals surface area contributed by atoms with Crippen molar-refractivity contribution in [3.05, 3.63) is 28.4 Å². The van der Waals surface area contributed by atoms with E-state index < -0.39 is 0 Å². The second kappa shape index (κ2) is 4.27. The van der Waals surface area contributed by atoms with Crippen LogP contribution in [0, 0.1) is 6.92 Å². The van der Waals surface area contributed by atoms with Crippen LogP contribution in [0.15, 0.2) is 18.2 Å². The lowest BCUT2D eigenvalue weighted by Gasteiger charge is -2.13. The van der Waals surface area contributed by atoms with Gasteiger partial charge in [0.1, 0.15) is 10.6 Å². The van der Waals surface area contributed by atoms with Crippen LogP contribution in [0.3, 0.4) is 0 Å². The van der Waals surface area contributed by atoms with E-state index in [0.717, 1.165) is 28.9 Å². The maximum Gasteiger partial charge on any atom is 0.225 e. The zero-order chi connectivity index (χ0) is 11.8. The number of aryl methyl sites for hydroxylation is 1. The maximum atomic E-state index is 5.95. The molecule has 0 aromatic carbocycles. The van der Waals surface area contributed by atoms with Crippen LogP contribution in [0.5, 0.6) is 0 Å². The third kappa shape index (κ3) is 2.15. The van der Waals surface area contributed by atoms with Gasteiger partial charge < -0.3 is 5.32 Å². The highest BCUT2D eigenvalue weighted by atomic mass is 35.5. The molecule has 1 aliphatic rings. The van der Waals surface area contributed by atoms with Crippen LogP contribution in [0.25, 0.3) is 10.2 Å². The van der Waals surface area contributed by atoms with Crippen molar-refractivity contribution in [1.82, 2.24) is 9.97 Å². The lowest BCUT2D eigenvalue weighted by atomic mass is 10.2. The van der Waals surface area contributed by atoms with Gasteiger partial charge in [0, 0.05) is 10.9 Å². The Morgan fingerprint density at radius 2 is 2.12 bits per heavy atom. The predicted octanol–water partition coefficient (Wildman–Crippen LogP) is 3.78. The van der Waals surface area contributed by atoms with Crippen LogP contribution < -0.4 is 5.32 Å². The molecule has 1 aliphatic carbocycles. The molecule has 0 amide bonds. The van der Waals surface area contributed by atoms with Crippen molar-refractivity contribution in [3.63, 3.8) is 0 Å². The number of thiophene rings is 1. The summed E-state index contributed by atoms with van der Waals surface area (Å²) >= 11 is 7.59. The highest BCUT2D eigenvalue weighted by molar-refractivity contribution is 7.18. The first-order valence-corrected chi connectivity index (χ1v) is 6.77. The standard InChI is InChI=1S/C12H12ClN3S/c1-7-6-9-10(14-8-4-2-3-5-8)15-12(13)16-11(9)17-7/h2-3,6,8H,4-5H2,1H3,(H,14,15,16). The minimum atomic E-state index is 0.313. The predicted molar refractivity (Wildman–Crippen MR) is 72.9 cm³/mol. The van der Waals surface area contributed by atoms with Crippen molar-refractivity contribution in [2.45, 2.75) is 25.8 Å². The molecule has 88 valence electrons. The highest BCUT2D eigenvalue weighted by Crippen LogP contribution is 2.30. The molecule has 2 heterocycles. The van der Waals surface area contributed by atoms with E-state index in [4.69, 9.17) is 11.6 Å². The minimum absolute atomic E-state index is 0.313. The van der Waals surface area contributed by atoms with E-state index in [-0.39, 0.29) is 0 Å². The summed E-state index contributed by atoms with van der Waals surface area (Å²) in [6.07, 6.45) is 6.48. The molecule has 17 heavy (non-hydrogen) atoms. The Labute approximate surface area is 109 Å². The molecule has 2 aromatic heterocycles. The molecule has 3 nitrogen and oxygen atoms in total. The number of aromatic nitrogens is 2. The molecule has 0 saturated heterocycles. The number of fused-ring (bicyclic) bond motifs is 1. The summed E-state index contributed by atoms with van der Waals surface area (Å²) in [5.41, 5.74) is 0. The topological polar surface area (TPSA) is 37.8 Å². The summed E-state index contributed by atoms with van der Waals surface area (Å²) in [6.45, 7) is 2.07. The van der Waals surface area contributed by atoms with Gasteiger partial charge in [0.25, 0.3) is 0 Å². The highest BCUT2D eigenvalue weighted by Gasteiger charge is 2.14. The van der Waals surface area contributed by atoms with Crippen LogP contribution in [0.1, 0.15) is 17.7 Å². The summed E-state index contributed by atoms with van der Waals surface area (Å²) in [6, 6.07) is 2.55. The van der Waals surface area contributed by atoms with Crippen molar-refractivity contribution in [1.29, 1.82) is 0 Å². The van der Waals surface area contributed by atoms with Gasteiger partial charge in [-0.2, -0.15) is 0 Å². The molecule has 0 atom stereocenters. The number of hydrogen-bond acceptors (Lipinski definition) is 4. The molecule has 0 spiro atoms. The van der Waals surface area contributed by atoms with Gasteiger partial charge in [-0.25, -0.2) is 9.97 Å². The Kier molecular flexibility index (Phi) is 2.76. The average Bonchev–Trinajstić information content (AvgIpc) is 2.86. The smallest absolute Gasteiger partial charge is 0.225 e. The van der Waals surface area contributed by atoms with E-state index in [1.807, 2.05) is 0 Å². The van der Waals surface area contributed by atoms with Gasteiger partial charge in [-0.15, -0.1) is 11.3 Å². The van der Waals surface area contributed by atoms with E-state index in [1.54, 1.807) is 11.3 Å². The third-order valence-electron chi connectivity index (χ3n) is 2.84. The molecule has 3 rings (SSSR count). The number of halogens is 1. The summed E-state index contributed by atoms with van der Waals surface area (Å²) in [5.74, 6) is 0.859. The molecule has 0 saturated carbocycles. The van der Waals surface area contributed by atoms with Gasteiger partial charge in [0.05, 0.1) is 5.39 Å². The van der Waals surface area contributed by atoms with E-state index in [9.17, 15) is 0 Å². The summed E-state index contributed by atoms with van der Waals surface area (Å²) in [4.78, 5) is 10.7. The van der Waals surface area contributed by atoms with Gasteiger partial charge >= 0.3 is 0 Å². The fraction of sp³-hybridized carbons (Fsp3) is 0.333. The number of nitrogens with zero attached hydrogens (tertiary/aromatic N) is 2. The van der Waals surface area contributed by atoms with Crippen molar-refractivity contribution in [2.75, 3.05) is 5.32 Å². The molecule has 0 bridgehead atoms. The molecule has 0 unspecified atom stereocenters. The minimum Gasteiger partial charge on any atom is -0.366 e. The lowest BCUT2D eigenvalue weighted by molar-refractivity contribution is 0.782. The monoisotopic (exact) mass is 265 g/mol. The molecule has 0 radical (unpaired) electrons. The first-order valence-electron chi connectivity index (χ1n) is 5.57. The number of rotatable bonds is 2. The Hall–Kier alpha value is -1.13. The first kappa shape index (κ1) is 11.0. The zero-order valence-electron chi connectivity index (χ0n) is 9.40. The fourth-order valence-electron chi connectivity index (χ4n) is 2.05. The van der Waals surface area contributed by atoms with E-state index in [1.165, 1.54) is 4.88 Å². The van der Waals surface area contributed by atoms with Gasteiger partial charge in [-0.1, -0.05) is 12.2 Å². The van der Waals surface area contributed by atoms with Crippen LogP contribution in [-0.2, 0) is 0 Å². The van der Waals surface area contributed by atoms with Crippen LogP contribution in [0.4, 0.5) is 5.82 Å². The van der Waals surface area contributed by atoms with Crippen molar-refractivity contribution in [2.24, 2.45) is 0 Å². The first-order chi connectivity index (χ1) is 8.22. The van der Waals surface area contributed by atoms with Crippen molar-refractivity contribution in [3.8, 4) is 0 Å². The Balaban J connectivity index is 2.01. The number of nitrogens with one attached hydrogen (secondary N) is 1. The Bertz CT molecular complexity index is 583. The van der Waals surface area contributed by atoms with E-state index in [2.05, 4.69) is 40.4 Å². The lowest BCUT2D eigenvalue weighted by Crippen LogP contribution is -2.16. The van der Waals surface area contributed by atoms with Crippen LogP contribution in [-0.4, -0.2) is 16.0 Å². The number of hydrogen-bond donors (Lipinski definition) is 1. The molecular weight excluding hydrogens is 254 g/mol. The molecule has 1 N–H and O–H groups in total. The summed E-state index contributed by atoms with van der Waals surface area (Å²) < 4.78 is 0. The van der Waals surface area contributed by atoms with E-state index in [0.29, 0.717) is 11.3 Å². The molecule has 2 aromatic rings. The van der Waals surface area contributed by atoms with Gasteiger partial charge in [-0.05, 0) is 37.4 Å². The maximum absolute atomic E-state index is 5.95. The van der Waals surface area contributed by atoms with E-state index >= 15 is 0 Å². The quantitative estimate of drug-likeness (QED) is 0.663. The zero-order valence-corrected chi connectivity index (χ0v) is 11.0. The van der Waals surface area contributed by atoms with Crippen molar-refractivity contribution < 1.29 is 0 Å². The van der Waals surface area contributed by atoms with Crippen LogP contribution in [0.2, 0.25) is 5.28 Å². The molecule has 0 aliphatic heterocycles. The fourth-order valence-corrected chi connectivity index (χ4v) is 3.15. The van der Waals surface area contributed by atoms with Crippen molar-refractivity contribution >= 4 is 39.0 Å². The second-order valence-corrected chi connectivity index (χ2v) is 5.77. The largest absolute Gasteiger partial charge is 0.366 e. The van der Waals surface area contributed by atoms with Gasteiger partial charge in [-0.3, -0.25) is 0 Å².